The van der Waals surface area contributed by atoms with E-state index in [2.05, 4.69) is 12.2 Å². The van der Waals surface area contributed by atoms with Crippen LogP contribution in [0.1, 0.15) is 25.3 Å². The third kappa shape index (κ3) is 5.41. The summed E-state index contributed by atoms with van der Waals surface area (Å²) >= 11 is 11.4. The number of hydrogen-bond donors (Lipinski definition) is 1. The van der Waals surface area contributed by atoms with Crippen LogP contribution in [0, 0.1) is 0 Å². The molecular formula is C12H17Cl2N. The molecule has 0 saturated carbocycles. The van der Waals surface area contributed by atoms with Crippen molar-refractivity contribution in [2.75, 3.05) is 5.88 Å². The molecule has 0 aliphatic carbocycles. The Balaban J connectivity index is 2.27. The van der Waals surface area contributed by atoms with Crippen molar-refractivity contribution in [2.45, 2.75) is 32.4 Å². The Labute approximate surface area is 102 Å². The molecule has 3 heteroatoms. The van der Waals surface area contributed by atoms with Crippen molar-refractivity contribution in [1.82, 2.24) is 5.32 Å². The van der Waals surface area contributed by atoms with Gasteiger partial charge in [-0.25, -0.2) is 0 Å². The normalized spacial score (nSPS) is 12.7. The smallest absolute Gasteiger partial charge is 0.0406 e. The molecule has 0 amide bonds. The molecule has 0 aliphatic heterocycles. The first-order valence-electron chi connectivity index (χ1n) is 5.26. The molecule has 1 nitrogen and oxygen atoms in total. The molecule has 0 spiro atoms. The van der Waals surface area contributed by atoms with Gasteiger partial charge < -0.3 is 5.32 Å². The Morgan fingerprint density at radius 2 is 1.93 bits per heavy atom. The minimum atomic E-state index is 0.513. The first-order valence-corrected chi connectivity index (χ1v) is 6.17. The molecule has 1 unspecified atom stereocenters. The van der Waals surface area contributed by atoms with E-state index in [9.17, 15) is 0 Å². The van der Waals surface area contributed by atoms with Gasteiger partial charge in [0.15, 0.2) is 0 Å². The highest BCUT2D eigenvalue weighted by atomic mass is 35.5. The van der Waals surface area contributed by atoms with E-state index in [0.29, 0.717) is 6.04 Å². The van der Waals surface area contributed by atoms with Gasteiger partial charge in [-0.3, -0.25) is 0 Å². The first kappa shape index (κ1) is 12.8. The monoisotopic (exact) mass is 245 g/mol. The zero-order valence-electron chi connectivity index (χ0n) is 8.97. The van der Waals surface area contributed by atoms with E-state index in [0.717, 1.165) is 30.3 Å². The van der Waals surface area contributed by atoms with Crippen LogP contribution in [0.25, 0.3) is 0 Å². The quantitative estimate of drug-likeness (QED) is 0.752. The molecule has 1 aromatic rings. The molecule has 1 N–H and O–H groups in total. The van der Waals surface area contributed by atoms with Crippen molar-refractivity contribution in [3.8, 4) is 0 Å². The predicted octanol–water partition coefficient (Wildman–Crippen LogP) is 3.84. The average molecular weight is 246 g/mol. The van der Waals surface area contributed by atoms with Crippen molar-refractivity contribution >= 4 is 23.2 Å². The maximum atomic E-state index is 5.81. The molecule has 84 valence electrons. The summed E-state index contributed by atoms with van der Waals surface area (Å²) in [7, 11) is 0. The SMILES string of the molecule is CC(CCCCl)NCc1ccc(Cl)cc1. The fraction of sp³-hybridized carbons (Fsp3) is 0.500. The van der Waals surface area contributed by atoms with Crippen LogP contribution in [0.15, 0.2) is 24.3 Å². The fourth-order valence-corrected chi connectivity index (χ4v) is 1.66. The molecule has 0 bridgehead atoms. The van der Waals surface area contributed by atoms with Gasteiger partial charge in [0.1, 0.15) is 0 Å². The minimum Gasteiger partial charge on any atom is -0.310 e. The van der Waals surface area contributed by atoms with E-state index in [1.54, 1.807) is 0 Å². The Morgan fingerprint density at radius 3 is 2.53 bits per heavy atom. The summed E-state index contributed by atoms with van der Waals surface area (Å²) in [5.74, 6) is 0.743. The van der Waals surface area contributed by atoms with Gasteiger partial charge in [-0.1, -0.05) is 23.7 Å². The summed E-state index contributed by atoms with van der Waals surface area (Å²) in [6.45, 7) is 3.07. The molecule has 1 rings (SSSR count). The Morgan fingerprint density at radius 1 is 1.27 bits per heavy atom. The number of rotatable bonds is 6. The molecule has 0 aromatic heterocycles. The van der Waals surface area contributed by atoms with Crippen molar-refractivity contribution in [3.63, 3.8) is 0 Å². The second-order valence-corrected chi connectivity index (χ2v) is 4.55. The van der Waals surface area contributed by atoms with Crippen molar-refractivity contribution in [3.05, 3.63) is 34.9 Å². The highest BCUT2D eigenvalue weighted by Gasteiger charge is 2.00. The van der Waals surface area contributed by atoms with Gasteiger partial charge in [0.25, 0.3) is 0 Å². The third-order valence-corrected chi connectivity index (χ3v) is 2.86. The highest BCUT2D eigenvalue weighted by Crippen LogP contribution is 2.09. The predicted molar refractivity (Wildman–Crippen MR) is 67.7 cm³/mol. The highest BCUT2D eigenvalue weighted by molar-refractivity contribution is 6.30. The summed E-state index contributed by atoms with van der Waals surface area (Å²) in [4.78, 5) is 0. The lowest BCUT2D eigenvalue weighted by molar-refractivity contribution is 0.509. The lowest BCUT2D eigenvalue weighted by Gasteiger charge is -2.12. The summed E-state index contributed by atoms with van der Waals surface area (Å²) in [5, 5.41) is 4.24. The van der Waals surface area contributed by atoms with Crippen molar-refractivity contribution < 1.29 is 0 Å². The summed E-state index contributed by atoms with van der Waals surface area (Å²) in [5.41, 5.74) is 1.26. The molecule has 0 radical (unpaired) electrons. The maximum Gasteiger partial charge on any atom is 0.0406 e. The van der Waals surface area contributed by atoms with Crippen LogP contribution in [-0.2, 0) is 6.54 Å². The van der Waals surface area contributed by atoms with Crippen LogP contribution in [0.3, 0.4) is 0 Å². The van der Waals surface area contributed by atoms with Crippen molar-refractivity contribution in [2.24, 2.45) is 0 Å². The van der Waals surface area contributed by atoms with E-state index in [1.165, 1.54) is 5.56 Å². The second-order valence-electron chi connectivity index (χ2n) is 3.74. The number of hydrogen-bond acceptors (Lipinski definition) is 1. The average Bonchev–Trinajstić information content (AvgIpc) is 2.25. The van der Waals surface area contributed by atoms with E-state index in [4.69, 9.17) is 23.2 Å². The van der Waals surface area contributed by atoms with Crippen LogP contribution in [0.2, 0.25) is 5.02 Å². The van der Waals surface area contributed by atoms with Gasteiger partial charge in [-0.05, 0) is 37.5 Å². The largest absolute Gasteiger partial charge is 0.310 e. The minimum absolute atomic E-state index is 0.513. The Hall–Kier alpha value is -0.240. The topological polar surface area (TPSA) is 12.0 Å². The van der Waals surface area contributed by atoms with Crippen molar-refractivity contribution in [1.29, 1.82) is 0 Å². The van der Waals surface area contributed by atoms with E-state index < -0.39 is 0 Å². The van der Waals surface area contributed by atoms with Gasteiger partial charge in [0.2, 0.25) is 0 Å². The van der Waals surface area contributed by atoms with Crippen LogP contribution in [-0.4, -0.2) is 11.9 Å². The molecule has 0 saturated heterocycles. The van der Waals surface area contributed by atoms with E-state index in [1.807, 2.05) is 24.3 Å². The van der Waals surface area contributed by atoms with Crippen LogP contribution < -0.4 is 5.32 Å². The number of alkyl halides is 1. The summed E-state index contributed by atoms with van der Waals surface area (Å²) in [6.07, 6.45) is 2.19. The standard InChI is InChI=1S/C12H17Cl2N/c1-10(3-2-8-13)15-9-11-4-6-12(14)7-5-11/h4-7,10,15H,2-3,8-9H2,1H3. The molecule has 15 heavy (non-hydrogen) atoms. The molecular weight excluding hydrogens is 229 g/mol. The lowest BCUT2D eigenvalue weighted by atomic mass is 10.1. The molecule has 1 aromatic carbocycles. The van der Waals surface area contributed by atoms with Gasteiger partial charge in [-0.15, -0.1) is 11.6 Å². The number of nitrogens with one attached hydrogen (secondary N) is 1. The summed E-state index contributed by atoms with van der Waals surface area (Å²) < 4.78 is 0. The lowest BCUT2D eigenvalue weighted by Crippen LogP contribution is -2.25. The molecule has 1 atom stereocenters. The first-order chi connectivity index (χ1) is 7.22. The Kier molecular flexibility index (Phi) is 6.07. The van der Waals surface area contributed by atoms with Gasteiger partial charge >= 0.3 is 0 Å². The number of halogens is 2. The van der Waals surface area contributed by atoms with E-state index >= 15 is 0 Å². The van der Waals surface area contributed by atoms with Crippen LogP contribution >= 0.6 is 23.2 Å². The molecule has 0 fully saturated rings. The van der Waals surface area contributed by atoms with E-state index in [-0.39, 0.29) is 0 Å². The van der Waals surface area contributed by atoms with Gasteiger partial charge in [0, 0.05) is 23.5 Å². The fourth-order valence-electron chi connectivity index (χ4n) is 1.38. The summed E-state index contributed by atoms with van der Waals surface area (Å²) in [6, 6.07) is 8.44. The maximum absolute atomic E-state index is 5.81. The Bertz CT molecular complexity index is 271. The molecule has 0 heterocycles. The molecule has 0 aliphatic rings. The zero-order chi connectivity index (χ0) is 11.1. The van der Waals surface area contributed by atoms with Crippen LogP contribution in [0.4, 0.5) is 0 Å². The zero-order valence-corrected chi connectivity index (χ0v) is 10.5. The van der Waals surface area contributed by atoms with Crippen LogP contribution in [0.5, 0.6) is 0 Å². The van der Waals surface area contributed by atoms with Gasteiger partial charge in [0.05, 0.1) is 0 Å². The second kappa shape index (κ2) is 7.10. The third-order valence-electron chi connectivity index (χ3n) is 2.34. The van der Waals surface area contributed by atoms with Gasteiger partial charge in [-0.2, -0.15) is 0 Å². The number of benzene rings is 1.